The van der Waals surface area contributed by atoms with Gasteiger partial charge in [-0.05, 0) is 0 Å². The Kier molecular flexibility index (Phi) is 38.5. The second-order valence-electron chi connectivity index (χ2n) is 2.70. The van der Waals surface area contributed by atoms with Gasteiger partial charge in [-0.15, -0.1) is 0 Å². The van der Waals surface area contributed by atoms with E-state index in [9.17, 15) is 39.5 Å². The third-order valence-corrected chi connectivity index (χ3v) is 2.55. The molecule has 31 heavy (non-hydrogen) atoms. The summed E-state index contributed by atoms with van der Waals surface area (Å²) < 4.78 is 177. The largest absolute Gasteiger partial charge is 3.00 e. The first kappa shape index (κ1) is 63.1. The summed E-state index contributed by atoms with van der Waals surface area (Å²) in [4.78, 5) is 0. The Bertz CT molecular complexity index is 618. The van der Waals surface area contributed by atoms with Crippen LogP contribution in [0.15, 0.2) is 0 Å². The van der Waals surface area contributed by atoms with Gasteiger partial charge in [-0.3, -0.25) is 0 Å². The second kappa shape index (κ2) is 18.9. The van der Waals surface area contributed by atoms with Crippen LogP contribution in [0.4, 0.5) is 39.5 Å². The number of halogens is 9. The third-order valence-electron chi connectivity index (χ3n) is 0.850. The van der Waals surface area contributed by atoms with Gasteiger partial charge in [0, 0.05) is 0 Å². The quantitative estimate of drug-likeness (QED) is 0.127. The summed E-state index contributed by atoms with van der Waals surface area (Å²) in [5.41, 5.74) is -16.9. The van der Waals surface area contributed by atoms with Gasteiger partial charge in [0.15, 0.2) is 30.4 Å². The predicted octanol–water partition coefficient (Wildman–Crippen LogP) is 1.12. The topological polar surface area (TPSA) is 382 Å². The molecule has 0 saturated heterocycles. The molecule has 0 saturated carbocycles. The molecule has 18 N–H and O–H groups in total. The van der Waals surface area contributed by atoms with Crippen LogP contribution in [0.2, 0.25) is 0 Å². The van der Waals surface area contributed by atoms with Crippen molar-refractivity contribution in [2.45, 2.75) is 16.5 Å². The first-order chi connectivity index (χ1) is 9.75. The third kappa shape index (κ3) is 31.6. The van der Waals surface area contributed by atoms with Gasteiger partial charge < -0.3 is 50.6 Å². The van der Waals surface area contributed by atoms with Crippen molar-refractivity contribution in [3.8, 4) is 0 Å². The van der Waals surface area contributed by atoms with E-state index in [0.717, 1.165) is 0 Å². The Balaban J connectivity index is -0.0000000240. The van der Waals surface area contributed by atoms with Crippen molar-refractivity contribution in [3.63, 3.8) is 0 Å². The van der Waals surface area contributed by atoms with Crippen LogP contribution in [0.5, 0.6) is 0 Å². The molecule has 0 aromatic carbocycles. The van der Waals surface area contributed by atoms with Crippen molar-refractivity contribution in [2.24, 2.45) is 0 Å². The fourth-order valence-corrected chi connectivity index (χ4v) is 0. The van der Waals surface area contributed by atoms with E-state index in [-0.39, 0.29) is 53.7 Å². The molecule has 28 heteroatoms. The van der Waals surface area contributed by atoms with Crippen LogP contribution in [0.3, 0.4) is 0 Å². The Hall–Kier alpha value is -0.634. The summed E-state index contributed by atoms with van der Waals surface area (Å²) >= 11 is 0. The smallest absolute Gasteiger partial charge is 0.741 e. The number of hydrogen-bond acceptors (Lipinski definition) is 15. The zero-order valence-electron chi connectivity index (χ0n) is 14.4. The van der Waals surface area contributed by atoms with Gasteiger partial charge in [-0.2, -0.15) is 39.5 Å². The Labute approximate surface area is 179 Å². The van der Waals surface area contributed by atoms with Crippen LogP contribution in [-0.4, -0.2) is 55.4 Å². The molecule has 0 aromatic heterocycles. The van der Waals surface area contributed by atoms with Crippen molar-refractivity contribution < 1.29 is 95.2 Å². The van der Waals surface area contributed by atoms with E-state index in [2.05, 4.69) is 0 Å². The molecule has 0 rings (SSSR count). The van der Waals surface area contributed by atoms with E-state index in [4.69, 9.17) is 38.9 Å². The Morgan fingerprint density at radius 2 is 0.419 bits per heavy atom. The molecule has 204 valence electrons. The minimum Gasteiger partial charge on any atom is -0.741 e. The summed E-state index contributed by atoms with van der Waals surface area (Å²) in [5, 5.41) is 0. The molecule has 0 fully saturated rings. The molecule has 0 aliphatic carbocycles. The molecular formula is C3H18CoF9N6O9S3. The molecular weight excluding hydrogens is 590 g/mol. The fraction of sp³-hybridized carbons (Fsp3) is 1.00. The summed E-state index contributed by atoms with van der Waals surface area (Å²) in [7, 11) is -18.3. The zero-order chi connectivity index (χ0) is 21.0. The monoisotopic (exact) mass is 608 g/mol. The molecule has 0 unspecified atom stereocenters. The molecule has 0 heterocycles. The normalized spacial score (nSPS) is 10.8. The van der Waals surface area contributed by atoms with Gasteiger partial charge in [0.2, 0.25) is 0 Å². The molecule has 0 aliphatic heterocycles. The second-order valence-corrected chi connectivity index (χ2v) is 6.81. The SMILES string of the molecule is N.N.N.N.N.N.O=S(=O)([O-])C(F)(F)F.O=S(=O)([O-])C(F)(F)F.O=S(=O)([O-])C(F)(F)F.[Co+3]. The van der Waals surface area contributed by atoms with Crippen molar-refractivity contribution in [3.05, 3.63) is 0 Å². The number of rotatable bonds is 0. The summed E-state index contributed by atoms with van der Waals surface area (Å²) in [5.74, 6) is 0. The molecule has 15 nitrogen and oxygen atoms in total. The van der Waals surface area contributed by atoms with Crippen LogP contribution < -0.4 is 36.9 Å². The maximum atomic E-state index is 10.7. The van der Waals surface area contributed by atoms with Gasteiger partial charge in [0.05, 0.1) is 0 Å². The Morgan fingerprint density at radius 1 is 0.387 bits per heavy atom. The first-order valence-corrected chi connectivity index (χ1v) is 8.04. The molecule has 0 amide bonds. The Morgan fingerprint density at radius 3 is 0.419 bits per heavy atom. The van der Waals surface area contributed by atoms with Crippen molar-refractivity contribution >= 4 is 30.4 Å². The van der Waals surface area contributed by atoms with Gasteiger partial charge in [0.1, 0.15) is 0 Å². The minimum atomic E-state index is -6.09. The van der Waals surface area contributed by atoms with Crippen LogP contribution in [0.1, 0.15) is 0 Å². The first-order valence-electron chi connectivity index (χ1n) is 3.81. The molecule has 0 atom stereocenters. The van der Waals surface area contributed by atoms with Crippen LogP contribution in [-0.2, 0) is 47.1 Å². The predicted molar refractivity (Wildman–Crippen MR) is 77.4 cm³/mol. The maximum absolute atomic E-state index is 10.7. The molecule has 0 spiro atoms. The minimum absolute atomic E-state index is 0. The van der Waals surface area contributed by atoms with E-state index in [0.29, 0.717) is 0 Å². The van der Waals surface area contributed by atoms with Gasteiger partial charge >= 0.3 is 33.3 Å². The number of alkyl halides is 9. The average Bonchev–Trinajstić information content (AvgIpc) is 2.08. The molecule has 0 bridgehead atoms. The summed E-state index contributed by atoms with van der Waals surface area (Å²) in [6, 6.07) is 0. The van der Waals surface area contributed by atoms with Crippen LogP contribution in [0.25, 0.3) is 0 Å². The molecule has 0 radical (unpaired) electrons. The van der Waals surface area contributed by atoms with Crippen LogP contribution in [0, 0.1) is 0 Å². The maximum Gasteiger partial charge on any atom is 3.00 e. The molecule has 0 aromatic rings. The van der Waals surface area contributed by atoms with E-state index in [1.54, 1.807) is 0 Å². The zero-order valence-corrected chi connectivity index (χ0v) is 17.9. The van der Waals surface area contributed by atoms with E-state index < -0.39 is 46.9 Å². The van der Waals surface area contributed by atoms with Gasteiger partial charge in [-0.25, -0.2) is 25.3 Å². The van der Waals surface area contributed by atoms with E-state index in [1.165, 1.54) is 0 Å². The summed E-state index contributed by atoms with van der Waals surface area (Å²) in [6.07, 6.45) is 0. The summed E-state index contributed by atoms with van der Waals surface area (Å²) in [6.45, 7) is 0. The van der Waals surface area contributed by atoms with Gasteiger partial charge in [0.25, 0.3) is 0 Å². The van der Waals surface area contributed by atoms with Gasteiger partial charge in [-0.1, -0.05) is 0 Å². The average molecular weight is 608 g/mol. The van der Waals surface area contributed by atoms with Crippen molar-refractivity contribution in [2.75, 3.05) is 0 Å². The molecule has 0 aliphatic rings. The van der Waals surface area contributed by atoms with Crippen LogP contribution >= 0.6 is 0 Å². The van der Waals surface area contributed by atoms with E-state index in [1.807, 2.05) is 0 Å². The van der Waals surface area contributed by atoms with E-state index >= 15 is 0 Å². The number of hydrogen-bond donors (Lipinski definition) is 6. The van der Waals surface area contributed by atoms with Crippen molar-refractivity contribution in [1.82, 2.24) is 36.9 Å². The fourth-order valence-electron chi connectivity index (χ4n) is 0. The standard InChI is InChI=1S/3CHF3O3S.Co.6H3N/c3*2-1(3,4)8(5,6)7;;;;;;;/h3*(H,5,6,7);;6*1H3/q;;;+3;;;;;;/p-3. The van der Waals surface area contributed by atoms with Crippen molar-refractivity contribution in [1.29, 1.82) is 0 Å².